The van der Waals surface area contributed by atoms with Crippen molar-refractivity contribution in [1.29, 1.82) is 0 Å². The number of rotatable bonds is 2. The van der Waals surface area contributed by atoms with Gasteiger partial charge in [0.05, 0.1) is 7.11 Å². The number of methoxy groups -OCH3 is 1. The first-order chi connectivity index (χ1) is 11.3. The second-order valence-electron chi connectivity index (χ2n) is 8.54. The Morgan fingerprint density at radius 1 is 1.17 bits per heavy atom. The van der Waals surface area contributed by atoms with E-state index in [1.165, 1.54) is 20.0 Å². The lowest BCUT2D eigenvalue weighted by Gasteiger charge is -2.40. The maximum Gasteiger partial charge on any atom is 0.409 e. The number of nitrogens with zero attached hydrogens (tertiary/aromatic N) is 1. The van der Waals surface area contributed by atoms with Crippen LogP contribution in [0.2, 0.25) is 0 Å². The number of nitrogens with one attached hydrogen (secondary N) is 2. The average molecular weight is 337 g/mol. The molecule has 4 atom stereocenters. The number of urea groups is 1. The Bertz CT molecular complexity index is 522. The smallest absolute Gasteiger partial charge is 0.409 e. The van der Waals surface area contributed by atoms with Crippen molar-refractivity contribution in [3.05, 3.63) is 0 Å². The maximum absolute atomic E-state index is 12.5. The molecule has 136 valence electrons. The molecular formula is C18H31N3O3. The molecule has 0 aromatic heterocycles. The van der Waals surface area contributed by atoms with E-state index in [0.717, 1.165) is 19.3 Å². The molecule has 2 aliphatic carbocycles. The summed E-state index contributed by atoms with van der Waals surface area (Å²) in [6, 6.07) is 0.144. The molecule has 0 radical (unpaired) electrons. The first-order valence-electron chi connectivity index (χ1n) is 9.18. The van der Waals surface area contributed by atoms with Crippen molar-refractivity contribution in [2.45, 2.75) is 65.0 Å². The quantitative estimate of drug-likeness (QED) is 0.814. The van der Waals surface area contributed by atoms with Gasteiger partial charge < -0.3 is 20.3 Å². The van der Waals surface area contributed by atoms with Crippen molar-refractivity contribution in [3.8, 4) is 0 Å². The Hall–Kier alpha value is -1.46. The summed E-state index contributed by atoms with van der Waals surface area (Å²) in [5, 5.41) is 6.29. The van der Waals surface area contributed by atoms with Gasteiger partial charge in [-0.25, -0.2) is 9.59 Å². The number of amides is 3. The summed E-state index contributed by atoms with van der Waals surface area (Å²) in [5.74, 6) is 0.706. The Morgan fingerprint density at radius 2 is 1.92 bits per heavy atom. The van der Waals surface area contributed by atoms with Crippen LogP contribution in [-0.2, 0) is 4.74 Å². The molecule has 2 bridgehead atoms. The van der Waals surface area contributed by atoms with Gasteiger partial charge in [0.15, 0.2) is 0 Å². The first-order valence-corrected chi connectivity index (χ1v) is 9.18. The monoisotopic (exact) mass is 337 g/mol. The molecule has 1 saturated heterocycles. The van der Waals surface area contributed by atoms with Crippen LogP contribution in [-0.4, -0.2) is 49.3 Å². The third kappa shape index (κ3) is 2.74. The summed E-state index contributed by atoms with van der Waals surface area (Å²) in [4.78, 5) is 25.8. The normalized spacial score (nSPS) is 37.2. The van der Waals surface area contributed by atoms with Crippen LogP contribution in [0, 0.1) is 16.7 Å². The number of hydrogen-bond donors (Lipinski definition) is 2. The molecule has 0 aromatic rings. The van der Waals surface area contributed by atoms with Crippen LogP contribution in [0.1, 0.15) is 52.9 Å². The Balaban J connectivity index is 1.54. The molecule has 2 N–H and O–H groups in total. The van der Waals surface area contributed by atoms with E-state index in [-0.39, 0.29) is 35.0 Å². The highest BCUT2D eigenvalue weighted by Crippen LogP contribution is 2.65. The minimum absolute atomic E-state index is 0.00254. The van der Waals surface area contributed by atoms with Gasteiger partial charge in [-0.15, -0.1) is 0 Å². The van der Waals surface area contributed by atoms with Gasteiger partial charge in [0.25, 0.3) is 0 Å². The van der Waals surface area contributed by atoms with Crippen molar-refractivity contribution < 1.29 is 14.3 Å². The standard InChI is InChI=1S/C18H31N3O3/c1-17(2)12-7-8-18(17,3)14(10-12)20-15(22)19-13-6-5-9-21(11-13)16(23)24-4/h12-14H,5-11H2,1-4H3,(H2,19,20,22)/t12-,13+,14+,18-/m0/s1. The fraction of sp³-hybridized carbons (Fsp3) is 0.889. The minimum atomic E-state index is -0.315. The van der Waals surface area contributed by atoms with Crippen LogP contribution in [0.3, 0.4) is 0 Å². The van der Waals surface area contributed by atoms with Gasteiger partial charge in [-0.2, -0.15) is 0 Å². The number of piperidine rings is 1. The van der Waals surface area contributed by atoms with Crippen LogP contribution in [0.25, 0.3) is 0 Å². The summed E-state index contributed by atoms with van der Waals surface area (Å²) in [7, 11) is 1.39. The maximum atomic E-state index is 12.5. The number of carbonyl (C=O) groups is 2. The van der Waals surface area contributed by atoms with Crippen LogP contribution in [0.5, 0.6) is 0 Å². The fourth-order valence-corrected chi connectivity index (χ4v) is 5.20. The largest absolute Gasteiger partial charge is 0.453 e. The zero-order chi connectivity index (χ0) is 17.5. The molecule has 3 amide bonds. The fourth-order valence-electron chi connectivity index (χ4n) is 5.20. The van der Waals surface area contributed by atoms with Gasteiger partial charge >= 0.3 is 12.1 Å². The average Bonchev–Trinajstić information content (AvgIpc) is 2.87. The van der Waals surface area contributed by atoms with Crippen LogP contribution < -0.4 is 10.6 Å². The van der Waals surface area contributed by atoms with Crippen molar-refractivity contribution in [3.63, 3.8) is 0 Å². The van der Waals surface area contributed by atoms with Crippen molar-refractivity contribution >= 4 is 12.1 Å². The molecule has 0 aromatic carbocycles. The van der Waals surface area contributed by atoms with Gasteiger partial charge in [-0.3, -0.25) is 0 Å². The van der Waals surface area contributed by atoms with Gasteiger partial charge in [0, 0.05) is 25.2 Å². The molecule has 3 rings (SSSR count). The molecule has 3 aliphatic rings. The zero-order valence-corrected chi connectivity index (χ0v) is 15.4. The number of carbonyl (C=O) groups excluding carboxylic acids is 2. The second kappa shape index (κ2) is 6.12. The molecule has 1 heterocycles. The lowest BCUT2D eigenvalue weighted by molar-refractivity contribution is 0.106. The Kier molecular flexibility index (Phi) is 4.43. The zero-order valence-electron chi connectivity index (χ0n) is 15.4. The highest BCUT2D eigenvalue weighted by molar-refractivity contribution is 5.75. The van der Waals surface area contributed by atoms with Crippen LogP contribution >= 0.6 is 0 Å². The van der Waals surface area contributed by atoms with Crippen molar-refractivity contribution in [1.82, 2.24) is 15.5 Å². The summed E-state index contributed by atoms with van der Waals surface area (Å²) in [6.45, 7) is 8.24. The molecule has 6 nitrogen and oxygen atoms in total. The third-order valence-corrected chi connectivity index (χ3v) is 7.29. The van der Waals surface area contributed by atoms with Gasteiger partial charge in [-0.1, -0.05) is 20.8 Å². The lowest BCUT2D eigenvalue weighted by Crippen LogP contribution is -2.55. The molecule has 2 saturated carbocycles. The van der Waals surface area contributed by atoms with Crippen LogP contribution in [0.4, 0.5) is 9.59 Å². The topological polar surface area (TPSA) is 70.7 Å². The second-order valence-corrected chi connectivity index (χ2v) is 8.54. The highest BCUT2D eigenvalue weighted by Gasteiger charge is 2.61. The van der Waals surface area contributed by atoms with Gasteiger partial charge in [0.2, 0.25) is 0 Å². The summed E-state index contributed by atoms with van der Waals surface area (Å²) in [5.41, 5.74) is 0.469. The minimum Gasteiger partial charge on any atom is -0.453 e. The van der Waals surface area contributed by atoms with E-state index in [2.05, 4.69) is 31.4 Å². The van der Waals surface area contributed by atoms with E-state index >= 15 is 0 Å². The van der Waals surface area contributed by atoms with Crippen molar-refractivity contribution in [2.75, 3.05) is 20.2 Å². The number of hydrogen-bond acceptors (Lipinski definition) is 3. The third-order valence-electron chi connectivity index (χ3n) is 7.29. The molecule has 1 aliphatic heterocycles. The molecule has 0 unspecified atom stereocenters. The van der Waals surface area contributed by atoms with E-state index in [9.17, 15) is 9.59 Å². The summed E-state index contributed by atoms with van der Waals surface area (Å²) >= 11 is 0. The van der Waals surface area contributed by atoms with Crippen LogP contribution in [0.15, 0.2) is 0 Å². The van der Waals surface area contributed by atoms with E-state index in [1.807, 2.05) is 0 Å². The van der Waals surface area contributed by atoms with Gasteiger partial charge in [0.1, 0.15) is 0 Å². The van der Waals surface area contributed by atoms with E-state index < -0.39 is 0 Å². The molecule has 0 spiro atoms. The van der Waals surface area contributed by atoms with Crippen molar-refractivity contribution in [2.24, 2.45) is 16.7 Å². The predicted octanol–water partition coefficient (Wildman–Crippen LogP) is 2.73. The lowest BCUT2D eigenvalue weighted by atomic mass is 9.69. The molecule has 24 heavy (non-hydrogen) atoms. The van der Waals surface area contributed by atoms with Gasteiger partial charge in [-0.05, 0) is 48.9 Å². The first kappa shape index (κ1) is 17.4. The number of likely N-dealkylation sites (tertiary alicyclic amines) is 1. The molecule has 6 heteroatoms. The summed E-state index contributed by atoms with van der Waals surface area (Å²) in [6.07, 6.45) is 5.02. The molecule has 3 fully saturated rings. The Labute approximate surface area is 144 Å². The van der Waals surface area contributed by atoms with E-state index in [0.29, 0.717) is 19.0 Å². The predicted molar refractivity (Wildman–Crippen MR) is 91.7 cm³/mol. The number of fused-ring (bicyclic) bond motifs is 2. The SMILES string of the molecule is COC(=O)N1CCC[C@@H](NC(=O)N[C@@H]2C[C@@H]3CC[C@]2(C)C3(C)C)C1. The Morgan fingerprint density at radius 3 is 2.50 bits per heavy atom. The highest BCUT2D eigenvalue weighted by atomic mass is 16.5. The van der Waals surface area contributed by atoms with E-state index in [1.54, 1.807) is 4.90 Å². The van der Waals surface area contributed by atoms with E-state index in [4.69, 9.17) is 4.74 Å². The summed E-state index contributed by atoms with van der Waals surface area (Å²) < 4.78 is 4.78. The number of ether oxygens (including phenoxy) is 1. The molecular weight excluding hydrogens is 306 g/mol.